The first-order chi connectivity index (χ1) is 9.58. The molecule has 0 fully saturated rings. The van der Waals surface area contributed by atoms with Gasteiger partial charge in [0, 0.05) is 12.6 Å². The number of halogens is 3. The second-order valence-corrected chi connectivity index (χ2v) is 4.38. The molecular formula is C13H12ClF2N3O. The molecule has 0 saturated heterocycles. The van der Waals surface area contributed by atoms with Gasteiger partial charge in [-0.1, -0.05) is 17.7 Å². The maximum absolute atomic E-state index is 13.0. The van der Waals surface area contributed by atoms with Crippen LogP contribution in [-0.4, -0.2) is 23.6 Å². The van der Waals surface area contributed by atoms with Gasteiger partial charge in [0.1, 0.15) is 11.0 Å². The summed E-state index contributed by atoms with van der Waals surface area (Å²) in [6.45, 7) is 0.488. The maximum atomic E-state index is 13.0. The third-order valence-corrected chi connectivity index (χ3v) is 2.75. The van der Waals surface area contributed by atoms with Gasteiger partial charge in [0.25, 0.3) is 0 Å². The van der Waals surface area contributed by atoms with Crippen molar-refractivity contribution in [3.63, 3.8) is 0 Å². The molecule has 20 heavy (non-hydrogen) atoms. The topological polar surface area (TPSA) is 47.0 Å². The van der Waals surface area contributed by atoms with Crippen molar-refractivity contribution in [3.8, 4) is 6.01 Å². The molecule has 0 spiro atoms. The second-order valence-electron chi connectivity index (χ2n) is 3.99. The molecule has 2 aromatic rings. The molecule has 0 aliphatic rings. The number of rotatable bonds is 5. The molecule has 2 rings (SSSR count). The zero-order valence-electron chi connectivity index (χ0n) is 10.7. The molecule has 0 atom stereocenters. The average molecular weight is 300 g/mol. The van der Waals surface area contributed by atoms with Gasteiger partial charge in [0.05, 0.1) is 7.11 Å². The van der Waals surface area contributed by atoms with Gasteiger partial charge in [-0.15, -0.1) is 0 Å². The summed E-state index contributed by atoms with van der Waals surface area (Å²) in [4.78, 5) is 7.89. The normalized spacial score (nSPS) is 10.4. The van der Waals surface area contributed by atoms with E-state index in [2.05, 4.69) is 15.3 Å². The van der Waals surface area contributed by atoms with Crippen molar-refractivity contribution < 1.29 is 13.5 Å². The van der Waals surface area contributed by atoms with Crippen LogP contribution < -0.4 is 10.1 Å². The van der Waals surface area contributed by atoms with Crippen molar-refractivity contribution in [2.45, 2.75) is 6.42 Å². The summed E-state index contributed by atoms with van der Waals surface area (Å²) in [5.74, 6) is -1.20. The monoisotopic (exact) mass is 299 g/mol. The Morgan fingerprint density at radius 1 is 1.20 bits per heavy atom. The van der Waals surface area contributed by atoms with Crippen LogP contribution >= 0.6 is 11.6 Å². The van der Waals surface area contributed by atoms with Gasteiger partial charge >= 0.3 is 6.01 Å². The molecule has 0 aliphatic carbocycles. The molecule has 0 aliphatic heterocycles. The lowest BCUT2D eigenvalue weighted by Gasteiger charge is -2.07. The van der Waals surface area contributed by atoms with Gasteiger partial charge < -0.3 is 10.1 Å². The Labute approximate surface area is 119 Å². The third kappa shape index (κ3) is 3.77. The molecule has 0 amide bonds. The van der Waals surface area contributed by atoms with E-state index in [1.807, 2.05) is 0 Å². The Kier molecular flexibility index (Phi) is 4.68. The van der Waals surface area contributed by atoms with Crippen LogP contribution in [0.5, 0.6) is 6.01 Å². The van der Waals surface area contributed by atoms with E-state index in [0.717, 1.165) is 6.07 Å². The number of hydrogen-bond donors (Lipinski definition) is 1. The predicted molar refractivity (Wildman–Crippen MR) is 72.1 cm³/mol. The summed E-state index contributed by atoms with van der Waals surface area (Å²) in [5, 5.41) is 3.27. The van der Waals surface area contributed by atoms with E-state index >= 15 is 0 Å². The maximum Gasteiger partial charge on any atom is 0.319 e. The molecule has 7 heteroatoms. The van der Waals surface area contributed by atoms with Gasteiger partial charge in [-0.05, 0) is 24.1 Å². The zero-order chi connectivity index (χ0) is 14.5. The highest BCUT2D eigenvalue weighted by Crippen LogP contribution is 2.15. The lowest BCUT2D eigenvalue weighted by Crippen LogP contribution is -2.07. The van der Waals surface area contributed by atoms with Crippen molar-refractivity contribution in [2.75, 3.05) is 19.0 Å². The number of nitrogens with zero attached hydrogens (tertiary/aromatic N) is 2. The minimum absolute atomic E-state index is 0.160. The Bertz CT molecular complexity index is 610. The van der Waals surface area contributed by atoms with E-state index in [4.69, 9.17) is 16.3 Å². The lowest BCUT2D eigenvalue weighted by atomic mass is 10.1. The molecule has 0 radical (unpaired) electrons. The molecule has 1 N–H and O–H groups in total. The molecule has 1 heterocycles. The molecule has 106 valence electrons. The number of hydrogen-bond acceptors (Lipinski definition) is 4. The molecule has 1 aromatic heterocycles. The number of benzene rings is 1. The van der Waals surface area contributed by atoms with Crippen LogP contribution in [0.3, 0.4) is 0 Å². The van der Waals surface area contributed by atoms with Gasteiger partial charge in [-0.25, -0.2) is 8.78 Å². The van der Waals surface area contributed by atoms with Crippen molar-refractivity contribution in [1.29, 1.82) is 0 Å². The van der Waals surface area contributed by atoms with Crippen molar-refractivity contribution in [3.05, 3.63) is 46.6 Å². The quantitative estimate of drug-likeness (QED) is 0.862. The highest BCUT2D eigenvalue weighted by Gasteiger charge is 2.04. The molecular weight excluding hydrogens is 288 g/mol. The summed E-state index contributed by atoms with van der Waals surface area (Å²) < 4.78 is 30.7. The van der Waals surface area contributed by atoms with E-state index < -0.39 is 11.6 Å². The Morgan fingerprint density at radius 3 is 2.70 bits per heavy atom. The van der Waals surface area contributed by atoms with Gasteiger partial charge in [-0.3, -0.25) is 0 Å². The Balaban J connectivity index is 1.95. The van der Waals surface area contributed by atoms with Gasteiger partial charge in [0.2, 0.25) is 0 Å². The number of nitrogens with one attached hydrogen (secondary N) is 1. The van der Waals surface area contributed by atoms with Crippen LogP contribution in [0.25, 0.3) is 0 Å². The van der Waals surface area contributed by atoms with Gasteiger partial charge in [0.15, 0.2) is 11.6 Å². The van der Waals surface area contributed by atoms with Crippen LogP contribution in [0.1, 0.15) is 5.56 Å². The van der Waals surface area contributed by atoms with Crippen LogP contribution in [-0.2, 0) is 6.42 Å². The SMILES string of the molecule is COc1nc(Cl)cc(NCCc2ccc(F)c(F)c2)n1. The molecule has 4 nitrogen and oxygen atoms in total. The summed E-state index contributed by atoms with van der Waals surface area (Å²) in [5.41, 5.74) is 0.684. The molecule has 0 bridgehead atoms. The van der Waals surface area contributed by atoms with E-state index in [-0.39, 0.29) is 11.2 Å². The zero-order valence-corrected chi connectivity index (χ0v) is 11.4. The average Bonchev–Trinajstić information content (AvgIpc) is 2.42. The van der Waals surface area contributed by atoms with Crippen LogP contribution in [0.4, 0.5) is 14.6 Å². The summed E-state index contributed by atoms with van der Waals surface area (Å²) >= 11 is 5.80. The fourth-order valence-electron chi connectivity index (χ4n) is 1.61. The van der Waals surface area contributed by atoms with Crippen LogP contribution in [0, 0.1) is 11.6 Å². The van der Waals surface area contributed by atoms with Crippen molar-refractivity contribution >= 4 is 17.4 Å². The summed E-state index contributed by atoms with van der Waals surface area (Å²) in [7, 11) is 1.44. The number of ether oxygens (including phenoxy) is 1. The summed E-state index contributed by atoms with van der Waals surface area (Å²) in [6, 6.07) is 5.52. The number of anilines is 1. The standard InChI is InChI=1S/C13H12ClF2N3O/c1-20-13-18-11(14)7-12(19-13)17-5-4-8-2-3-9(15)10(16)6-8/h2-3,6-7H,4-5H2,1H3,(H,17,18,19). The largest absolute Gasteiger partial charge is 0.467 e. The van der Waals surface area contributed by atoms with E-state index in [9.17, 15) is 8.78 Å². The number of aromatic nitrogens is 2. The van der Waals surface area contributed by atoms with Crippen molar-refractivity contribution in [2.24, 2.45) is 0 Å². The van der Waals surface area contributed by atoms with E-state index in [1.165, 1.54) is 19.2 Å². The Morgan fingerprint density at radius 2 is 2.00 bits per heavy atom. The number of methoxy groups -OCH3 is 1. The fourth-order valence-corrected chi connectivity index (χ4v) is 1.78. The lowest BCUT2D eigenvalue weighted by molar-refractivity contribution is 0.380. The third-order valence-electron chi connectivity index (χ3n) is 2.56. The Hall–Kier alpha value is -1.95. The molecule has 1 aromatic carbocycles. The first-order valence-electron chi connectivity index (χ1n) is 5.85. The molecule has 0 unspecified atom stereocenters. The first kappa shape index (κ1) is 14.5. The molecule has 0 saturated carbocycles. The van der Waals surface area contributed by atoms with Gasteiger partial charge in [-0.2, -0.15) is 9.97 Å². The fraction of sp³-hybridized carbons (Fsp3) is 0.231. The minimum atomic E-state index is -0.853. The minimum Gasteiger partial charge on any atom is -0.467 e. The first-order valence-corrected chi connectivity index (χ1v) is 6.22. The highest BCUT2D eigenvalue weighted by molar-refractivity contribution is 6.29. The second kappa shape index (κ2) is 6.47. The smallest absolute Gasteiger partial charge is 0.319 e. The highest BCUT2D eigenvalue weighted by atomic mass is 35.5. The predicted octanol–water partition coefficient (Wildman–Crippen LogP) is 3.07. The van der Waals surface area contributed by atoms with Crippen LogP contribution in [0.15, 0.2) is 24.3 Å². The van der Waals surface area contributed by atoms with Crippen LogP contribution in [0.2, 0.25) is 5.15 Å². The van der Waals surface area contributed by atoms with E-state index in [0.29, 0.717) is 24.3 Å². The van der Waals surface area contributed by atoms with Crippen molar-refractivity contribution in [1.82, 2.24) is 9.97 Å². The van der Waals surface area contributed by atoms with E-state index in [1.54, 1.807) is 6.07 Å². The summed E-state index contributed by atoms with van der Waals surface area (Å²) in [6.07, 6.45) is 0.515.